The van der Waals surface area contributed by atoms with Crippen molar-refractivity contribution in [1.29, 1.82) is 0 Å². The van der Waals surface area contributed by atoms with Gasteiger partial charge in [0.15, 0.2) is 0 Å². The Hall–Kier alpha value is -2.69. The van der Waals surface area contributed by atoms with Crippen LogP contribution < -0.4 is 0 Å². The van der Waals surface area contributed by atoms with Crippen molar-refractivity contribution >= 4 is 0 Å². The van der Waals surface area contributed by atoms with Gasteiger partial charge in [0.2, 0.25) is 0 Å². The Morgan fingerprint density at radius 3 is 1.06 bits per heavy atom. The molecule has 0 atom stereocenters. The molecular formula is C48H68IrN2O2-2. The fourth-order valence-electron chi connectivity index (χ4n) is 7.35. The van der Waals surface area contributed by atoms with Gasteiger partial charge in [-0.2, -0.15) is 0 Å². The minimum absolute atomic E-state index is 0. The van der Waals surface area contributed by atoms with Gasteiger partial charge in [-0.15, -0.1) is 70.8 Å². The molecule has 293 valence electrons. The van der Waals surface area contributed by atoms with Crippen molar-refractivity contribution in [2.45, 2.75) is 155 Å². The van der Waals surface area contributed by atoms with Crippen LogP contribution in [0.3, 0.4) is 0 Å². The largest absolute Gasteiger partial charge is 0.400 e. The molecule has 0 aliphatic heterocycles. The molecule has 2 aliphatic rings. The first-order valence-electron chi connectivity index (χ1n) is 19.0. The van der Waals surface area contributed by atoms with E-state index in [0.717, 1.165) is 36.7 Å². The van der Waals surface area contributed by atoms with E-state index in [-0.39, 0.29) is 52.6 Å². The SMILES string of the molecule is CC(C)(C)c1cc[c-]c(-c2cc3c(cn2)C(C)(C)CCC3(C)C)c1.CC(C)(C)c1cc[c-]c(-c2cc3c(cn2)C(C)(C)CCC3(C)C)c1.CO.CO.[Ir]. The van der Waals surface area contributed by atoms with Crippen LogP contribution >= 0.6 is 0 Å². The van der Waals surface area contributed by atoms with Crippen LogP contribution in [0.4, 0.5) is 0 Å². The Morgan fingerprint density at radius 1 is 0.491 bits per heavy atom. The zero-order valence-corrected chi connectivity index (χ0v) is 38.1. The molecule has 4 aromatic rings. The summed E-state index contributed by atoms with van der Waals surface area (Å²) >= 11 is 0. The van der Waals surface area contributed by atoms with Crippen molar-refractivity contribution in [2.24, 2.45) is 0 Å². The topological polar surface area (TPSA) is 66.2 Å². The Balaban J connectivity index is 0.000000330. The van der Waals surface area contributed by atoms with Crippen LogP contribution in [0.25, 0.3) is 22.5 Å². The van der Waals surface area contributed by atoms with E-state index in [4.69, 9.17) is 20.2 Å². The van der Waals surface area contributed by atoms with Crippen LogP contribution in [0.1, 0.15) is 156 Å². The van der Waals surface area contributed by atoms with Crippen molar-refractivity contribution in [2.75, 3.05) is 14.2 Å². The number of aliphatic hydroxyl groups excluding tert-OH is 2. The zero-order valence-electron chi connectivity index (χ0n) is 35.7. The van der Waals surface area contributed by atoms with Gasteiger partial charge in [0.05, 0.1) is 0 Å². The molecule has 2 N–H and O–H groups in total. The van der Waals surface area contributed by atoms with Crippen molar-refractivity contribution in [3.63, 3.8) is 0 Å². The summed E-state index contributed by atoms with van der Waals surface area (Å²) in [5, 5.41) is 14.0. The number of aliphatic hydroxyl groups is 2. The zero-order chi connectivity index (χ0) is 39.5. The molecule has 0 bridgehead atoms. The Labute approximate surface area is 337 Å². The Bertz CT molecular complexity index is 1670. The van der Waals surface area contributed by atoms with Crippen LogP contribution in [0.5, 0.6) is 0 Å². The number of hydrogen-bond donors (Lipinski definition) is 2. The van der Waals surface area contributed by atoms with Gasteiger partial charge >= 0.3 is 0 Å². The summed E-state index contributed by atoms with van der Waals surface area (Å²) in [5.74, 6) is 0. The predicted molar refractivity (Wildman–Crippen MR) is 221 cm³/mol. The molecule has 0 saturated heterocycles. The third-order valence-corrected chi connectivity index (χ3v) is 11.4. The molecule has 0 spiro atoms. The normalized spacial score (nSPS) is 17.4. The summed E-state index contributed by atoms with van der Waals surface area (Å²) in [5.41, 5.74) is 13.8. The monoisotopic (exact) mass is 897 g/mol. The maximum absolute atomic E-state index is 7.00. The van der Waals surface area contributed by atoms with Crippen LogP contribution in [-0.2, 0) is 52.6 Å². The van der Waals surface area contributed by atoms with Gasteiger partial charge in [-0.1, -0.05) is 109 Å². The molecule has 0 amide bonds. The minimum Gasteiger partial charge on any atom is -0.400 e. The Morgan fingerprint density at radius 2 is 0.774 bits per heavy atom. The van der Waals surface area contributed by atoms with Crippen LogP contribution in [0.2, 0.25) is 0 Å². The number of nitrogens with zero attached hydrogens (tertiary/aromatic N) is 2. The fraction of sp³-hybridized carbons (Fsp3) is 0.542. The predicted octanol–water partition coefficient (Wildman–Crippen LogP) is 11.6. The van der Waals surface area contributed by atoms with Crippen molar-refractivity contribution in [1.82, 2.24) is 9.97 Å². The number of benzene rings is 2. The first-order chi connectivity index (χ1) is 24.0. The van der Waals surface area contributed by atoms with Gasteiger partial charge < -0.3 is 20.2 Å². The molecule has 2 aromatic carbocycles. The number of pyridine rings is 2. The molecule has 6 rings (SSSR count). The van der Waals surface area contributed by atoms with E-state index in [1.165, 1.54) is 59.1 Å². The number of rotatable bonds is 2. The summed E-state index contributed by atoms with van der Waals surface area (Å²) < 4.78 is 0. The van der Waals surface area contributed by atoms with Crippen molar-refractivity contribution in [3.8, 4) is 22.5 Å². The molecule has 0 saturated carbocycles. The summed E-state index contributed by atoms with van der Waals surface area (Å²) in [6, 6.07) is 24.3. The smallest absolute Gasteiger partial charge is 0.0319 e. The quantitative estimate of drug-likeness (QED) is 0.197. The van der Waals surface area contributed by atoms with E-state index < -0.39 is 0 Å². The second-order valence-corrected chi connectivity index (χ2v) is 19.2. The number of hydrogen-bond acceptors (Lipinski definition) is 4. The third-order valence-electron chi connectivity index (χ3n) is 11.4. The third kappa shape index (κ3) is 10.8. The van der Waals surface area contributed by atoms with E-state index in [2.05, 4.69) is 158 Å². The first kappa shape index (κ1) is 46.5. The summed E-state index contributed by atoms with van der Waals surface area (Å²) in [4.78, 5) is 9.63. The maximum Gasteiger partial charge on any atom is 0.0319 e. The van der Waals surface area contributed by atoms with Gasteiger partial charge in [0.1, 0.15) is 0 Å². The second kappa shape index (κ2) is 17.4. The summed E-state index contributed by atoms with van der Waals surface area (Å²) in [6.45, 7) is 32.3. The van der Waals surface area contributed by atoms with Crippen LogP contribution in [-0.4, -0.2) is 34.4 Å². The van der Waals surface area contributed by atoms with E-state index in [9.17, 15) is 0 Å². The molecule has 2 heterocycles. The molecule has 5 heteroatoms. The van der Waals surface area contributed by atoms with Crippen molar-refractivity contribution in [3.05, 3.63) is 106 Å². The molecule has 53 heavy (non-hydrogen) atoms. The summed E-state index contributed by atoms with van der Waals surface area (Å²) in [6.07, 6.45) is 9.12. The van der Waals surface area contributed by atoms with Gasteiger partial charge in [0.25, 0.3) is 0 Å². The van der Waals surface area contributed by atoms with E-state index in [1.807, 2.05) is 12.1 Å². The van der Waals surface area contributed by atoms with E-state index in [0.29, 0.717) is 0 Å². The molecular weight excluding hydrogens is 829 g/mol. The molecule has 2 aromatic heterocycles. The molecule has 2 aliphatic carbocycles. The van der Waals surface area contributed by atoms with Crippen molar-refractivity contribution < 1.29 is 30.3 Å². The standard InChI is InChI=1S/2C23H30N.2CH4O.Ir/c2*1-21(2,3)17-10-8-9-16(13-17)20-14-18-19(15-24-20)23(6,7)12-11-22(18,4)5;2*1-2;/h2*8,10,13-15H,11-12H2,1-7H3;2*2H,1H3;/q2*-1;;;. The summed E-state index contributed by atoms with van der Waals surface area (Å²) in [7, 11) is 2.00. The average Bonchev–Trinajstić information content (AvgIpc) is 3.10. The molecule has 0 fully saturated rings. The van der Waals surface area contributed by atoms with Crippen LogP contribution in [0, 0.1) is 12.1 Å². The minimum atomic E-state index is 0. The van der Waals surface area contributed by atoms with E-state index >= 15 is 0 Å². The number of fused-ring (bicyclic) bond motifs is 2. The van der Waals surface area contributed by atoms with Gasteiger partial charge in [0, 0.05) is 46.7 Å². The van der Waals surface area contributed by atoms with Crippen LogP contribution in [0.15, 0.2) is 60.9 Å². The van der Waals surface area contributed by atoms with Gasteiger partial charge in [-0.25, -0.2) is 0 Å². The van der Waals surface area contributed by atoms with E-state index in [1.54, 1.807) is 0 Å². The van der Waals surface area contributed by atoms with Gasteiger partial charge in [-0.05, 0) is 91.8 Å². The average molecular weight is 897 g/mol. The maximum atomic E-state index is 7.00. The first-order valence-corrected chi connectivity index (χ1v) is 19.0. The Kier molecular flexibility index (Phi) is 15.3. The fourth-order valence-corrected chi connectivity index (χ4v) is 7.35. The number of aromatic nitrogens is 2. The molecule has 4 nitrogen and oxygen atoms in total. The molecule has 1 radical (unpaired) electrons. The molecule has 0 unspecified atom stereocenters. The second-order valence-electron chi connectivity index (χ2n) is 19.2. The van der Waals surface area contributed by atoms with Gasteiger partial charge in [-0.3, -0.25) is 0 Å².